The Balaban J connectivity index is 3.60. The molecule has 0 heterocycles. The van der Waals surface area contributed by atoms with Gasteiger partial charge in [0.2, 0.25) is 5.91 Å². The summed E-state index contributed by atoms with van der Waals surface area (Å²) in [5.41, 5.74) is 0. The Hall–Kier alpha value is -1.43. The lowest BCUT2D eigenvalue weighted by atomic mass is 10.0. The molecule has 3 atom stereocenters. The van der Waals surface area contributed by atoms with Gasteiger partial charge in [0, 0.05) is 0 Å². The van der Waals surface area contributed by atoms with E-state index in [9.17, 15) is 20.1 Å². The number of nitrogens with one attached hydrogen (secondary N) is 1. The van der Waals surface area contributed by atoms with Crippen LogP contribution in [0.4, 0.5) is 0 Å². The molecule has 0 saturated heterocycles. The van der Waals surface area contributed by atoms with Crippen LogP contribution < -0.4 is 5.32 Å². The lowest BCUT2D eigenvalue weighted by Gasteiger charge is -2.21. The number of carbonyl (C=O) groups is 1. The molecule has 0 saturated carbocycles. The molecule has 0 fully saturated rings. The van der Waals surface area contributed by atoms with Crippen LogP contribution in [-0.4, -0.2) is 46.1 Å². The van der Waals surface area contributed by atoms with Crippen molar-refractivity contribution in [2.24, 2.45) is 0 Å². The van der Waals surface area contributed by atoms with Crippen molar-refractivity contribution in [3.63, 3.8) is 0 Å². The summed E-state index contributed by atoms with van der Waals surface area (Å²) in [4.78, 5) is 12.5. The third-order valence-electron chi connectivity index (χ3n) is 11.7. The Labute approximate surface area is 355 Å². The average Bonchev–Trinajstić information content (AvgIpc) is 3.20. The predicted octanol–water partition coefficient (Wildman–Crippen LogP) is 15.1. The van der Waals surface area contributed by atoms with Crippen molar-refractivity contribution in [2.75, 3.05) is 6.61 Å². The van der Waals surface area contributed by atoms with Crippen LogP contribution in [0.5, 0.6) is 0 Å². The summed E-state index contributed by atoms with van der Waals surface area (Å²) < 4.78 is 0. The summed E-state index contributed by atoms with van der Waals surface area (Å²) in [6.07, 6.45) is 60.2. The van der Waals surface area contributed by atoms with E-state index in [-0.39, 0.29) is 18.9 Å². The molecule has 5 heteroatoms. The van der Waals surface area contributed by atoms with E-state index in [2.05, 4.69) is 43.5 Å². The van der Waals surface area contributed by atoms with Gasteiger partial charge in [-0.15, -0.1) is 0 Å². The van der Waals surface area contributed by atoms with Crippen LogP contribution in [0.3, 0.4) is 0 Å². The first-order chi connectivity index (χ1) is 28.0. The van der Waals surface area contributed by atoms with E-state index in [0.29, 0.717) is 6.42 Å². The van der Waals surface area contributed by atoms with E-state index >= 15 is 0 Å². The fourth-order valence-corrected chi connectivity index (χ4v) is 7.85. The van der Waals surface area contributed by atoms with Crippen molar-refractivity contribution >= 4 is 5.91 Å². The molecule has 0 bridgehead atoms. The van der Waals surface area contributed by atoms with E-state index in [1.165, 1.54) is 199 Å². The molecule has 0 rings (SSSR count). The van der Waals surface area contributed by atoms with E-state index in [1.54, 1.807) is 6.08 Å². The predicted molar refractivity (Wildman–Crippen MR) is 250 cm³/mol. The van der Waals surface area contributed by atoms with Crippen LogP contribution >= 0.6 is 0 Å². The van der Waals surface area contributed by atoms with Crippen LogP contribution in [0.25, 0.3) is 0 Å². The Bertz CT molecular complexity index is 885. The first kappa shape index (κ1) is 55.6. The highest BCUT2D eigenvalue weighted by Gasteiger charge is 2.20. The van der Waals surface area contributed by atoms with Gasteiger partial charge in [-0.05, 0) is 44.9 Å². The highest BCUT2D eigenvalue weighted by Crippen LogP contribution is 2.17. The van der Waals surface area contributed by atoms with Gasteiger partial charge >= 0.3 is 0 Å². The minimum absolute atomic E-state index is 0.0136. The molecule has 0 spiro atoms. The number of aliphatic hydroxyl groups excluding tert-OH is 3. The molecule has 57 heavy (non-hydrogen) atoms. The molecule has 0 radical (unpaired) electrons. The van der Waals surface area contributed by atoms with Crippen molar-refractivity contribution in [1.29, 1.82) is 0 Å². The van der Waals surface area contributed by atoms with Crippen LogP contribution in [0.1, 0.15) is 264 Å². The monoisotopic (exact) mass is 802 g/mol. The van der Waals surface area contributed by atoms with Gasteiger partial charge in [-0.1, -0.05) is 249 Å². The third kappa shape index (κ3) is 44.0. The second-order valence-electron chi connectivity index (χ2n) is 17.4. The van der Waals surface area contributed by atoms with Gasteiger partial charge in [0.1, 0.15) is 0 Å². The zero-order valence-corrected chi connectivity index (χ0v) is 38.2. The molecular weight excluding hydrogens is 703 g/mol. The van der Waals surface area contributed by atoms with Gasteiger partial charge < -0.3 is 20.6 Å². The number of hydrogen-bond acceptors (Lipinski definition) is 4. The summed E-state index contributed by atoms with van der Waals surface area (Å²) in [5.74, 6) is -0.314. The van der Waals surface area contributed by atoms with Gasteiger partial charge in [-0.3, -0.25) is 4.79 Å². The number of rotatable bonds is 46. The summed E-state index contributed by atoms with van der Waals surface area (Å²) >= 11 is 0. The standard InChI is InChI=1S/C52H99NO4/c1-3-5-7-9-11-13-15-17-19-21-23-24-25-26-28-30-32-34-36-38-40-42-44-46-51(56)50(48-54)53-52(57)47-49(55)45-43-41-39-37-35-33-31-29-27-22-20-18-16-14-12-10-8-6-4-2/h6,8,12,14,44,46,49-51,54-56H,3-5,7,9-11,13,15-43,45,47-48H2,1-2H3,(H,53,57)/b8-6-,14-12-,46-44+. The number of amides is 1. The number of unbranched alkanes of at least 4 members (excludes halogenated alkanes) is 33. The molecule has 5 nitrogen and oxygen atoms in total. The van der Waals surface area contributed by atoms with Crippen LogP contribution in [0.2, 0.25) is 0 Å². The highest BCUT2D eigenvalue weighted by atomic mass is 16.3. The van der Waals surface area contributed by atoms with Gasteiger partial charge in [-0.2, -0.15) is 0 Å². The largest absolute Gasteiger partial charge is 0.394 e. The molecule has 0 aliphatic heterocycles. The van der Waals surface area contributed by atoms with Crippen LogP contribution in [-0.2, 0) is 4.79 Å². The average molecular weight is 802 g/mol. The smallest absolute Gasteiger partial charge is 0.222 e. The number of allylic oxidation sites excluding steroid dienone is 5. The fraction of sp³-hybridized carbons (Fsp3) is 0.865. The van der Waals surface area contributed by atoms with E-state index in [0.717, 1.165) is 38.5 Å². The van der Waals surface area contributed by atoms with Crippen LogP contribution in [0.15, 0.2) is 36.5 Å². The van der Waals surface area contributed by atoms with E-state index < -0.39 is 18.2 Å². The van der Waals surface area contributed by atoms with Gasteiger partial charge in [0.05, 0.1) is 31.3 Å². The zero-order valence-electron chi connectivity index (χ0n) is 38.2. The van der Waals surface area contributed by atoms with Crippen molar-refractivity contribution < 1.29 is 20.1 Å². The van der Waals surface area contributed by atoms with Gasteiger partial charge in [-0.25, -0.2) is 0 Å². The summed E-state index contributed by atoms with van der Waals surface area (Å²) in [7, 11) is 0. The lowest BCUT2D eigenvalue weighted by molar-refractivity contribution is -0.124. The molecular formula is C52H99NO4. The van der Waals surface area contributed by atoms with Crippen LogP contribution in [0, 0.1) is 0 Å². The topological polar surface area (TPSA) is 89.8 Å². The molecule has 4 N–H and O–H groups in total. The molecule has 0 aliphatic carbocycles. The Kier molecular flexibility index (Phi) is 46.1. The maximum absolute atomic E-state index is 12.5. The van der Waals surface area contributed by atoms with Crippen molar-refractivity contribution in [3.8, 4) is 0 Å². The third-order valence-corrected chi connectivity index (χ3v) is 11.7. The molecule has 0 aliphatic rings. The van der Waals surface area contributed by atoms with Gasteiger partial charge in [0.25, 0.3) is 0 Å². The Morgan fingerprint density at radius 3 is 1.25 bits per heavy atom. The van der Waals surface area contributed by atoms with Gasteiger partial charge in [0.15, 0.2) is 0 Å². The van der Waals surface area contributed by atoms with Crippen molar-refractivity contribution in [1.82, 2.24) is 5.32 Å². The molecule has 0 aromatic rings. The normalized spacial score (nSPS) is 13.7. The molecule has 3 unspecified atom stereocenters. The minimum atomic E-state index is -0.929. The lowest BCUT2D eigenvalue weighted by Crippen LogP contribution is -2.45. The quantitative estimate of drug-likeness (QED) is 0.0365. The summed E-state index contributed by atoms with van der Waals surface area (Å²) in [5, 5.41) is 33.4. The van der Waals surface area contributed by atoms with E-state index in [1.807, 2.05) is 6.08 Å². The number of carbonyl (C=O) groups excluding carboxylic acids is 1. The summed E-state index contributed by atoms with van der Waals surface area (Å²) in [6, 6.07) is -0.744. The fourth-order valence-electron chi connectivity index (χ4n) is 7.85. The summed E-state index contributed by atoms with van der Waals surface area (Å²) in [6.45, 7) is 4.13. The molecule has 0 aromatic heterocycles. The SMILES string of the molecule is CC/C=C\C/C=C\CCCCCCCCCCCCCCC(O)CC(=O)NC(CO)C(O)/C=C/CCCCCCCCCCCCCCCCCCCCCCC. The van der Waals surface area contributed by atoms with Crippen molar-refractivity contribution in [3.05, 3.63) is 36.5 Å². The molecule has 0 aromatic carbocycles. The Morgan fingerprint density at radius 1 is 0.474 bits per heavy atom. The minimum Gasteiger partial charge on any atom is -0.394 e. The molecule has 1 amide bonds. The van der Waals surface area contributed by atoms with E-state index in [4.69, 9.17) is 0 Å². The first-order valence-corrected chi connectivity index (χ1v) is 25.3. The maximum Gasteiger partial charge on any atom is 0.222 e. The zero-order chi connectivity index (χ0) is 41.5. The second kappa shape index (κ2) is 47.3. The number of aliphatic hydroxyl groups is 3. The van der Waals surface area contributed by atoms with Crippen molar-refractivity contribution in [2.45, 2.75) is 283 Å². The second-order valence-corrected chi connectivity index (χ2v) is 17.4. The number of hydrogen-bond donors (Lipinski definition) is 4. The highest BCUT2D eigenvalue weighted by molar-refractivity contribution is 5.76. The maximum atomic E-state index is 12.5. The Morgan fingerprint density at radius 2 is 0.842 bits per heavy atom. The first-order valence-electron chi connectivity index (χ1n) is 25.3. The molecule has 336 valence electrons.